The third kappa shape index (κ3) is 15.0. The molecule has 13 rings (SSSR count). The third-order valence-electron chi connectivity index (χ3n) is 15.1. The van der Waals surface area contributed by atoms with E-state index < -0.39 is 29.5 Å². The number of rotatable bonds is 10. The van der Waals surface area contributed by atoms with Crippen LogP contribution in [0.3, 0.4) is 0 Å². The van der Waals surface area contributed by atoms with Crippen molar-refractivity contribution in [1.29, 1.82) is 0 Å². The third-order valence-corrected chi connectivity index (χ3v) is 15.7. The summed E-state index contributed by atoms with van der Waals surface area (Å²) in [5.74, 6) is 0.284. The summed E-state index contributed by atoms with van der Waals surface area (Å²) >= 11 is 11.7. The van der Waals surface area contributed by atoms with E-state index in [0.717, 1.165) is 21.9 Å². The molecule has 6 aromatic carbocycles. The van der Waals surface area contributed by atoms with Crippen molar-refractivity contribution in [1.82, 2.24) is 53.6 Å². The molecule has 0 saturated heterocycles. The summed E-state index contributed by atoms with van der Waals surface area (Å²) in [6.07, 6.45) is 9.36. The van der Waals surface area contributed by atoms with Crippen LogP contribution in [-0.4, -0.2) is 53.6 Å². The molecule has 13 aromatic rings. The van der Waals surface area contributed by atoms with Crippen LogP contribution >= 0.6 is 23.2 Å². The van der Waals surface area contributed by atoms with Gasteiger partial charge in [0.05, 0.1) is 57.4 Å². The molecule has 0 spiro atoms. The van der Waals surface area contributed by atoms with Crippen LogP contribution in [0.5, 0.6) is 0 Å². The Kier molecular flexibility index (Phi) is 20.6. The van der Waals surface area contributed by atoms with Gasteiger partial charge in [-0.3, -0.25) is 28.1 Å². The van der Waals surface area contributed by atoms with Crippen LogP contribution in [0.15, 0.2) is 197 Å². The van der Waals surface area contributed by atoms with Gasteiger partial charge in [-0.05, 0) is 141 Å². The van der Waals surface area contributed by atoms with Crippen LogP contribution in [0.1, 0.15) is 67.6 Å². The van der Waals surface area contributed by atoms with Gasteiger partial charge in [-0.25, -0.2) is 62.7 Å². The molecule has 0 unspecified atom stereocenters. The first-order valence-corrected chi connectivity index (χ1v) is 30.3. The number of anilines is 3. The van der Waals surface area contributed by atoms with Crippen LogP contribution in [0.25, 0.3) is 81.3 Å². The number of hydrogen-bond acceptors (Lipinski definition) is 16. The van der Waals surface area contributed by atoms with E-state index >= 15 is 0 Å². The highest BCUT2D eigenvalue weighted by molar-refractivity contribution is 6.35. The van der Waals surface area contributed by atoms with Gasteiger partial charge in [0, 0.05) is 77.5 Å². The van der Waals surface area contributed by atoms with E-state index in [-0.39, 0.29) is 57.0 Å². The molecule has 0 bridgehead atoms. The number of nitrogens with one attached hydrogen (secondary N) is 1. The Balaban J connectivity index is 0.000000151. The lowest BCUT2D eigenvalue weighted by molar-refractivity contribution is 0.624. The second-order valence-corrected chi connectivity index (χ2v) is 22.6. The van der Waals surface area contributed by atoms with Crippen LogP contribution in [0.4, 0.5) is 42.3 Å². The minimum atomic E-state index is -0.526. The topological polar surface area (TPSA) is 294 Å². The number of nitrogens with zero attached hydrogens (tertiary/aromatic N) is 13. The molecule has 0 saturated carbocycles. The van der Waals surface area contributed by atoms with Crippen LogP contribution in [-0.2, 0) is 0 Å². The highest BCUT2D eigenvalue weighted by atomic mass is 35.5. The molecule has 0 aliphatic rings. The summed E-state index contributed by atoms with van der Waals surface area (Å²) in [7, 11) is 0. The molecule has 21 nitrogen and oxygen atoms in total. The van der Waals surface area contributed by atoms with Gasteiger partial charge < -0.3 is 28.3 Å². The Morgan fingerprint density at radius 1 is 0.474 bits per heavy atom. The average molecular weight is 1340 g/mol. The van der Waals surface area contributed by atoms with Gasteiger partial charge in [0.2, 0.25) is 23.3 Å². The molecule has 0 aliphatic heterocycles. The predicted molar refractivity (Wildman–Crippen MR) is 373 cm³/mol. The van der Waals surface area contributed by atoms with Crippen molar-refractivity contribution in [3.05, 3.63) is 293 Å². The molecule has 7 heterocycles. The van der Waals surface area contributed by atoms with Crippen LogP contribution < -0.4 is 44.9 Å². The molecule has 0 aliphatic carbocycles. The maximum absolute atomic E-state index is 14.3. The second-order valence-electron chi connectivity index (χ2n) is 21.9. The Bertz CT molecular complexity index is 5430. The first kappa shape index (κ1) is 67.8. The molecule has 26 heteroatoms. The molecule has 0 fully saturated rings. The summed E-state index contributed by atoms with van der Waals surface area (Å²) in [5, 5.41) is 7.17. The summed E-state index contributed by atoms with van der Waals surface area (Å²) < 4.78 is 46.0. The maximum atomic E-state index is 14.3. The van der Waals surface area contributed by atoms with Crippen molar-refractivity contribution in [3.63, 3.8) is 0 Å². The van der Waals surface area contributed by atoms with Crippen molar-refractivity contribution < 1.29 is 13.2 Å². The van der Waals surface area contributed by atoms with Gasteiger partial charge in [-0.15, -0.1) is 0 Å². The largest absolute Gasteiger partial charge is 0.371 e. The van der Waals surface area contributed by atoms with E-state index in [1.54, 1.807) is 101 Å². The van der Waals surface area contributed by atoms with E-state index in [0.29, 0.717) is 83.5 Å². The zero-order valence-electron chi connectivity index (χ0n) is 52.3. The monoisotopic (exact) mass is 1340 g/mol. The number of pyridine rings is 3. The fraction of sp³-hybridized carbons (Fsp3) is 0.113. The number of aromatic nitrogens is 11. The number of hydrogen-bond donors (Lipinski definition) is 5. The Labute approximate surface area is 561 Å². The molecule has 0 amide bonds. The highest BCUT2D eigenvalue weighted by Crippen LogP contribution is 2.34. The molecule has 3 atom stereocenters. The normalized spacial score (nSPS) is 11.8. The van der Waals surface area contributed by atoms with E-state index in [1.165, 1.54) is 62.5 Å². The maximum Gasteiger partial charge on any atom is 0.264 e. The molecular weight excluding hydrogens is 1280 g/mol. The van der Waals surface area contributed by atoms with Gasteiger partial charge in [-0.2, -0.15) is 0 Å². The molecule has 97 heavy (non-hydrogen) atoms. The van der Waals surface area contributed by atoms with E-state index in [1.807, 2.05) is 67.6 Å². The minimum Gasteiger partial charge on any atom is -0.371 e. The molecule has 7 aromatic heterocycles. The zero-order chi connectivity index (χ0) is 69.4. The van der Waals surface area contributed by atoms with Crippen LogP contribution in [0, 0.1) is 44.4 Å². The molecular formula is C71H57Cl2F3N18O3. The van der Waals surface area contributed by atoms with E-state index in [2.05, 4.69) is 54.9 Å². The lowest BCUT2D eigenvalue weighted by atomic mass is 9.99. The number of nitrogens with two attached hydrogens (primary N) is 4. The number of fused-ring (bicyclic) bond motifs is 3. The van der Waals surface area contributed by atoms with Gasteiger partial charge in [0.15, 0.2) is 0 Å². The minimum absolute atomic E-state index is 0.00749. The van der Waals surface area contributed by atoms with Gasteiger partial charge >= 0.3 is 0 Å². The molecule has 9 N–H and O–H groups in total. The SMILES string of the molecule is C[C@H](N)c1cc2cccc(Cl)c2c(=O)n1-c1cccc(F)c1.Cc1ncc(-c2cccc3cc([C@H](C)N)n(-c4cccc(F)c4)c(=O)c23)cn1.[C-]#[N+]c1cnc(N)nc1Cl.[C-]#[N+]c1cnc(N)nc1N[C@@H](C)c1cc2cccc(-c3cnc(C)nc3)c2c(=O)n1-c1cccc(F)c1. The van der Waals surface area contributed by atoms with Crippen molar-refractivity contribution in [3.8, 4) is 39.3 Å². The molecule has 0 radical (unpaired) electrons. The number of nitrogen functional groups attached to an aromatic ring is 2. The summed E-state index contributed by atoms with van der Waals surface area (Å²) in [6, 6.07) is 38.2. The van der Waals surface area contributed by atoms with E-state index in [4.69, 9.17) is 59.3 Å². The number of halogens is 5. The summed E-state index contributed by atoms with van der Waals surface area (Å²) in [4.78, 5) is 79.3. The number of benzene rings is 6. The number of aryl methyl sites for hydroxylation is 2. The summed E-state index contributed by atoms with van der Waals surface area (Å²) in [6.45, 7) is 23.0. The predicted octanol–water partition coefficient (Wildman–Crippen LogP) is 14.0. The second kappa shape index (κ2) is 29.5. The lowest BCUT2D eigenvalue weighted by Crippen LogP contribution is -2.26. The van der Waals surface area contributed by atoms with Crippen molar-refractivity contribution in [2.45, 2.75) is 52.7 Å². The smallest absolute Gasteiger partial charge is 0.264 e. The standard InChI is InChI=1S/C27H21FN8O.C22H19FN4O.C17H14ClFN2O.C5H3ClN4/c1-15(34-25-22(30-3)14-33-27(29)35-25)23-10-17-6-4-9-21(18-12-31-16(2)32-13-18)24(17)26(37)36(23)20-8-5-7-19(28)11-20;1-13(24)20-9-15-5-3-8-19(16-11-25-14(2)26-12-16)21(15)22(28)27(20)18-7-4-6-17(23)10-18;1-10(20)15-8-11-4-2-7-14(18)16(11)17(22)21(15)13-6-3-5-12(19)9-13;1-8-3-2-9-5(7)10-4(3)6/h4-15H,1-2H3,(H3,29,33,34,35);3-13H,24H2,1-2H3;2-10H,20H2,1H3;2H,(H2,7,9,10)/t15-;13-;10-;/m000./s1. The lowest BCUT2D eigenvalue weighted by Gasteiger charge is -2.22. The first-order chi connectivity index (χ1) is 46.5. The fourth-order valence-corrected chi connectivity index (χ4v) is 11.0. The van der Waals surface area contributed by atoms with Gasteiger partial charge in [0.25, 0.3) is 16.7 Å². The first-order valence-electron chi connectivity index (χ1n) is 29.5. The van der Waals surface area contributed by atoms with E-state index in [9.17, 15) is 27.6 Å². The zero-order valence-corrected chi connectivity index (χ0v) is 53.8. The van der Waals surface area contributed by atoms with Crippen molar-refractivity contribution >= 4 is 84.6 Å². The molecule has 484 valence electrons. The van der Waals surface area contributed by atoms with Crippen LogP contribution in [0.2, 0.25) is 10.2 Å². The van der Waals surface area contributed by atoms with Crippen molar-refractivity contribution in [2.75, 3.05) is 16.8 Å². The van der Waals surface area contributed by atoms with Gasteiger partial charge in [0.1, 0.15) is 40.1 Å². The quantitative estimate of drug-likeness (QED) is 0.0628. The van der Waals surface area contributed by atoms with Gasteiger partial charge in [-0.1, -0.05) is 89.9 Å². The summed E-state index contributed by atoms with van der Waals surface area (Å²) in [5.41, 5.74) is 28.4. The average Bonchev–Trinajstić information content (AvgIpc) is 0.767. The Hall–Kier alpha value is -12.1. The highest BCUT2D eigenvalue weighted by Gasteiger charge is 2.23. The fourth-order valence-electron chi connectivity index (χ4n) is 10.6. The van der Waals surface area contributed by atoms with Crippen molar-refractivity contribution in [2.24, 2.45) is 11.5 Å². The Morgan fingerprint density at radius 2 is 0.845 bits per heavy atom. The Morgan fingerprint density at radius 3 is 1.26 bits per heavy atom.